The molecule has 0 aliphatic carbocycles. The first-order valence-electron chi connectivity index (χ1n) is 27.9. The Balaban J connectivity index is 0.000000123. The van der Waals surface area contributed by atoms with Crippen molar-refractivity contribution in [2.45, 2.75) is 0 Å². The fraction of sp³-hybridized carbons (Fsp3) is 0.0423. The zero-order chi connectivity index (χ0) is 61.0. The van der Waals surface area contributed by atoms with Crippen molar-refractivity contribution in [1.29, 1.82) is 0 Å². The number of methoxy groups -OCH3 is 1. The Labute approximate surface area is 504 Å². The Morgan fingerprint density at radius 2 is 0.899 bits per heavy atom. The van der Waals surface area contributed by atoms with Crippen LogP contribution in [0.4, 0.5) is 23.2 Å². The predicted octanol–water partition coefficient (Wildman–Crippen LogP) is 15.4. The van der Waals surface area contributed by atoms with E-state index in [1.54, 1.807) is 105 Å². The van der Waals surface area contributed by atoms with E-state index < -0.39 is 11.6 Å². The molecule has 0 radical (unpaired) electrons. The summed E-state index contributed by atoms with van der Waals surface area (Å²) in [6, 6.07) is 48.4. The summed E-state index contributed by atoms with van der Waals surface area (Å²) < 4.78 is 68.3. The lowest BCUT2D eigenvalue weighted by atomic mass is 9.95. The first-order valence-corrected chi connectivity index (χ1v) is 27.9. The molecule has 10 aromatic heterocycles. The summed E-state index contributed by atoms with van der Waals surface area (Å²) in [6.45, 7) is 0.124. The van der Waals surface area contributed by atoms with Crippen LogP contribution in [0.3, 0.4) is 0 Å². The van der Waals surface area contributed by atoms with E-state index in [0.717, 1.165) is 100 Å². The van der Waals surface area contributed by atoms with Crippen molar-refractivity contribution in [3.63, 3.8) is 0 Å². The van der Waals surface area contributed by atoms with Crippen LogP contribution in [0.1, 0.15) is 0 Å². The first kappa shape index (κ1) is 56.4. The Morgan fingerprint density at radius 1 is 0.393 bits per heavy atom. The van der Waals surface area contributed by atoms with Gasteiger partial charge in [0.1, 0.15) is 35.6 Å². The molecule has 0 fully saturated rings. The van der Waals surface area contributed by atoms with Crippen LogP contribution < -0.4 is 15.2 Å². The van der Waals surface area contributed by atoms with Gasteiger partial charge in [0.25, 0.3) is 0 Å². The second-order valence-electron chi connectivity index (χ2n) is 20.2. The van der Waals surface area contributed by atoms with E-state index in [1.807, 2.05) is 97.1 Å². The van der Waals surface area contributed by atoms with Crippen LogP contribution in [-0.4, -0.2) is 75.3 Å². The van der Waals surface area contributed by atoms with Gasteiger partial charge in [-0.15, -0.1) is 0 Å². The molecule has 0 spiro atoms. The van der Waals surface area contributed by atoms with Crippen molar-refractivity contribution in [1.82, 2.24) is 49.8 Å². The van der Waals surface area contributed by atoms with Crippen molar-refractivity contribution in [2.75, 3.05) is 26.1 Å². The fourth-order valence-corrected chi connectivity index (χ4v) is 10.8. The third kappa shape index (κ3) is 11.1. The summed E-state index contributed by atoms with van der Waals surface area (Å²) in [5.41, 5.74) is 15.6. The van der Waals surface area contributed by atoms with Crippen molar-refractivity contribution >= 4 is 71.1 Å². The second-order valence-corrected chi connectivity index (χ2v) is 20.2. The number of nitrogen functional groups attached to an aromatic ring is 1. The monoisotopic (exact) mass is 1180 g/mol. The Morgan fingerprint density at radius 3 is 1.49 bits per heavy atom. The number of nitrogens with two attached hydrogens (primary N) is 1. The number of nitrogens with zero attached hydrogens (tertiary/aromatic N) is 10. The van der Waals surface area contributed by atoms with Crippen LogP contribution in [0.15, 0.2) is 226 Å². The Hall–Kier alpha value is -11.8. The molecule has 0 aliphatic rings. The number of anilines is 1. The predicted molar refractivity (Wildman–Crippen MR) is 338 cm³/mol. The zero-order valence-electron chi connectivity index (χ0n) is 47.1. The lowest BCUT2D eigenvalue weighted by molar-refractivity contribution is 0.203. The van der Waals surface area contributed by atoms with E-state index in [4.69, 9.17) is 20.3 Å². The lowest BCUT2D eigenvalue weighted by Gasteiger charge is -2.14. The average molecular weight is 1180 g/mol. The maximum Gasteiger partial charge on any atom is 0.221 e. The number of pyridine rings is 10. The van der Waals surface area contributed by atoms with Crippen LogP contribution in [0.25, 0.3) is 133 Å². The highest BCUT2D eigenvalue weighted by Crippen LogP contribution is 2.41. The lowest BCUT2D eigenvalue weighted by Crippen LogP contribution is -2.02. The number of fused-ring (bicyclic) bond motifs is 6. The molecule has 15 aromatic rings. The topological polar surface area (TPSA) is 194 Å². The van der Waals surface area contributed by atoms with Gasteiger partial charge in [-0.25, -0.2) is 52.4 Å². The van der Waals surface area contributed by atoms with Crippen molar-refractivity contribution in [3.8, 4) is 78.9 Å². The van der Waals surface area contributed by atoms with Gasteiger partial charge in [0.05, 0.1) is 36.5 Å². The minimum absolute atomic E-state index is 0.0732. The van der Waals surface area contributed by atoms with Crippen molar-refractivity contribution in [3.05, 3.63) is 249 Å². The summed E-state index contributed by atoms with van der Waals surface area (Å²) in [5.74, 6) is -0.582. The Bertz CT molecular complexity index is 5200. The molecule has 0 aliphatic heterocycles. The van der Waals surface area contributed by atoms with Crippen molar-refractivity contribution in [2.24, 2.45) is 0 Å². The quantitative estimate of drug-likeness (QED) is 0.0970. The van der Waals surface area contributed by atoms with Crippen LogP contribution in [0.5, 0.6) is 11.6 Å². The fourth-order valence-electron chi connectivity index (χ4n) is 10.8. The number of ether oxygens (including phenoxy) is 2. The van der Waals surface area contributed by atoms with Gasteiger partial charge in [-0.3, -0.25) is 15.0 Å². The molecule has 18 heteroatoms. The van der Waals surface area contributed by atoms with Gasteiger partial charge in [-0.1, -0.05) is 36.4 Å². The number of aliphatic hydroxyl groups excluding tert-OH is 1. The molecular weight excluding hydrogens is 1130 g/mol. The van der Waals surface area contributed by atoms with Gasteiger partial charge in [0.2, 0.25) is 5.88 Å². The third-order valence-electron chi connectivity index (χ3n) is 14.9. The van der Waals surface area contributed by atoms with E-state index in [2.05, 4.69) is 49.8 Å². The molecule has 432 valence electrons. The molecule has 0 amide bonds. The normalized spacial score (nSPS) is 11.2. The number of halogens is 4. The smallest absolute Gasteiger partial charge is 0.221 e. The van der Waals surface area contributed by atoms with Gasteiger partial charge in [0, 0.05) is 121 Å². The van der Waals surface area contributed by atoms with E-state index in [0.29, 0.717) is 62.5 Å². The SMILES string of the molecule is COc1nccc2c(-c3cc(-c4ccccc4F)nc4ncccc34)nccc12.Nc1ccc(-c2cc(-c3cc(F)ccc3F)nc3ncccc23)c2ccncc12.OCCOc1ccc(-c2cc(-c3ccccc3F)nc3ncccc23)c2ccncc12. The summed E-state index contributed by atoms with van der Waals surface area (Å²) in [7, 11) is 1.59. The molecule has 89 heavy (non-hydrogen) atoms. The number of rotatable bonds is 10. The van der Waals surface area contributed by atoms with Gasteiger partial charge in [0.15, 0.2) is 16.9 Å². The second kappa shape index (κ2) is 24.7. The number of aliphatic hydroxyl groups is 1. The molecule has 0 atom stereocenters. The summed E-state index contributed by atoms with van der Waals surface area (Å²) in [4.78, 5) is 44.1. The van der Waals surface area contributed by atoms with E-state index in [-0.39, 0.29) is 30.4 Å². The molecule has 14 nitrogen and oxygen atoms in total. The van der Waals surface area contributed by atoms with Crippen LogP contribution >= 0.6 is 0 Å². The number of hydrogen-bond acceptors (Lipinski definition) is 14. The summed E-state index contributed by atoms with van der Waals surface area (Å²) in [5, 5.41) is 16.8. The number of hydrogen-bond donors (Lipinski definition) is 2. The Kier molecular flexibility index (Phi) is 15.6. The first-order chi connectivity index (χ1) is 43.6. The highest BCUT2D eigenvalue weighted by Gasteiger charge is 2.20. The van der Waals surface area contributed by atoms with E-state index >= 15 is 0 Å². The van der Waals surface area contributed by atoms with Crippen LogP contribution in [0, 0.1) is 23.3 Å². The maximum absolute atomic E-state index is 14.5. The average Bonchev–Trinajstić information content (AvgIpc) is 1.18. The maximum atomic E-state index is 14.5. The largest absolute Gasteiger partial charge is 0.490 e. The van der Waals surface area contributed by atoms with Crippen LogP contribution in [-0.2, 0) is 0 Å². The van der Waals surface area contributed by atoms with Gasteiger partial charge in [-0.2, -0.15) is 0 Å². The summed E-state index contributed by atoms with van der Waals surface area (Å²) in [6.07, 6.45) is 15.2. The van der Waals surface area contributed by atoms with Gasteiger partial charge in [-0.05, 0) is 166 Å². The molecule has 10 heterocycles. The molecule has 0 saturated heterocycles. The third-order valence-corrected chi connectivity index (χ3v) is 14.9. The number of aromatic nitrogens is 10. The van der Waals surface area contributed by atoms with Gasteiger partial charge >= 0.3 is 0 Å². The molecule has 3 N–H and O–H groups in total. The molecular formula is C71H47F4N11O3. The molecule has 0 unspecified atom stereocenters. The minimum Gasteiger partial charge on any atom is -0.490 e. The summed E-state index contributed by atoms with van der Waals surface area (Å²) >= 11 is 0. The van der Waals surface area contributed by atoms with Gasteiger partial charge < -0.3 is 20.3 Å². The van der Waals surface area contributed by atoms with E-state index in [1.165, 1.54) is 12.1 Å². The highest BCUT2D eigenvalue weighted by molar-refractivity contribution is 6.09. The molecule has 5 aromatic carbocycles. The minimum atomic E-state index is -0.550. The zero-order valence-corrected chi connectivity index (χ0v) is 47.1. The molecule has 0 bridgehead atoms. The number of benzene rings is 5. The highest BCUT2D eigenvalue weighted by atomic mass is 19.1. The molecule has 0 saturated carbocycles. The van der Waals surface area contributed by atoms with Crippen molar-refractivity contribution < 1.29 is 32.1 Å². The van der Waals surface area contributed by atoms with E-state index in [9.17, 15) is 17.6 Å². The standard InChI is InChI=1S/C25H18FN3O2.C23H14F2N4.C23H15FN4O/c26-22-6-2-1-4-19(22)23-14-20(18-5-3-10-28-25(18)29-23)16-7-8-24(31-13-12-30)21-15-27-11-9-17(16)21;24-13-3-5-20(25)18(10-13)22-11-17(16-2-1-8-28-23(16)29-22)14-4-6-21(26)19-12-27-9-7-15(14)19;1-29-23-16-9-11-25-21(14(16)8-12-27-23)18-13-20(17-5-2-3-7-19(17)24)28-22-15(18)6-4-10-26-22/h1-11,14-15,30H,12-13H2;1-12H,26H2;2-13H,1H3. The van der Waals surface area contributed by atoms with Crippen LogP contribution in [0.2, 0.25) is 0 Å². The molecule has 15 rings (SSSR count).